The van der Waals surface area contributed by atoms with Crippen LogP contribution in [0.2, 0.25) is 0 Å². The van der Waals surface area contributed by atoms with E-state index in [0.717, 1.165) is 25.7 Å². The van der Waals surface area contributed by atoms with E-state index >= 15 is 0 Å². The molecule has 3 aromatic rings. The van der Waals surface area contributed by atoms with Gasteiger partial charge in [0.1, 0.15) is 23.4 Å². The van der Waals surface area contributed by atoms with Crippen LogP contribution in [0.25, 0.3) is 11.1 Å². The summed E-state index contributed by atoms with van der Waals surface area (Å²) < 4.78 is 41.3. The van der Waals surface area contributed by atoms with E-state index in [2.05, 4.69) is 4.72 Å². The van der Waals surface area contributed by atoms with E-state index in [-0.39, 0.29) is 34.9 Å². The second-order valence-corrected chi connectivity index (χ2v) is 13.8. The van der Waals surface area contributed by atoms with Gasteiger partial charge in [0.2, 0.25) is 21.8 Å². The largest absolute Gasteiger partial charge is 0.497 e. The topological polar surface area (TPSA) is 155 Å². The van der Waals surface area contributed by atoms with Crippen molar-refractivity contribution < 1.29 is 27.5 Å². The van der Waals surface area contributed by atoms with Gasteiger partial charge in [0.25, 0.3) is 0 Å². The number of benzene rings is 3. The van der Waals surface area contributed by atoms with Crippen LogP contribution in [0.5, 0.6) is 11.5 Å². The van der Waals surface area contributed by atoms with E-state index in [0.29, 0.717) is 59.9 Å². The molecule has 11 nitrogen and oxygen atoms in total. The maximum atomic E-state index is 14.0. The summed E-state index contributed by atoms with van der Waals surface area (Å²) in [5, 5.41) is 7.83. The quantitative estimate of drug-likeness (QED) is 0.209. The maximum Gasteiger partial charge on any atom is 0.241 e. The zero-order chi connectivity index (χ0) is 33.6. The predicted molar refractivity (Wildman–Crippen MR) is 180 cm³/mol. The summed E-state index contributed by atoms with van der Waals surface area (Å²) in [4.78, 5) is 30.6. The van der Waals surface area contributed by atoms with Crippen molar-refractivity contribution in [3.8, 4) is 22.6 Å². The molecule has 1 saturated heterocycles. The lowest BCUT2D eigenvalue weighted by Crippen LogP contribution is -2.57. The highest BCUT2D eigenvalue weighted by Crippen LogP contribution is 2.34. The van der Waals surface area contributed by atoms with Crippen molar-refractivity contribution in [3.63, 3.8) is 0 Å². The molecule has 0 aromatic heterocycles. The number of rotatable bonds is 11. The Morgan fingerprint density at radius 3 is 2.30 bits per heavy atom. The van der Waals surface area contributed by atoms with Gasteiger partial charge < -0.3 is 25.0 Å². The molecule has 1 aliphatic carbocycles. The summed E-state index contributed by atoms with van der Waals surface area (Å²) in [7, 11) is -1.10. The number of ether oxygens (including phenoxy) is 2. The van der Waals surface area contributed by atoms with Crippen LogP contribution >= 0.6 is 0 Å². The number of carbonyl (C=O) groups is 2. The van der Waals surface area contributed by atoms with E-state index in [4.69, 9.17) is 20.6 Å². The molecule has 250 valence electrons. The van der Waals surface area contributed by atoms with Crippen molar-refractivity contribution >= 4 is 27.7 Å². The molecule has 1 atom stereocenters. The molecule has 2 fully saturated rings. The van der Waals surface area contributed by atoms with E-state index in [1.807, 2.05) is 4.90 Å². The Balaban J connectivity index is 1.38. The molecule has 0 radical (unpaired) electrons. The highest BCUT2D eigenvalue weighted by molar-refractivity contribution is 7.89. The van der Waals surface area contributed by atoms with Crippen molar-refractivity contribution in [2.75, 3.05) is 40.4 Å². The molecule has 5 rings (SSSR count). The smallest absolute Gasteiger partial charge is 0.241 e. The van der Waals surface area contributed by atoms with Crippen LogP contribution in [-0.2, 0) is 26.0 Å². The van der Waals surface area contributed by atoms with Crippen LogP contribution in [0.3, 0.4) is 0 Å². The molecule has 1 heterocycles. The van der Waals surface area contributed by atoms with Gasteiger partial charge in [-0.3, -0.25) is 15.0 Å². The van der Waals surface area contributed by atoms with Crippen molar-refractivity contribution in [2.45, 2.75) is 49.5 Å². The van der Waals surface area contributed by atoms with Crippen molar-refractivity contribution in [1.82, 2.24) is 14.5 Å². The molecule has 0 unspecified atom stereocenters. The van der Waals surface area contributed by atoms with Crippen LogP contribution in [0.15, 0.2) is 71.6 Å². The summed E-state index contributed by atoms with van der Waals surface area (Å²) in [5.41, 5.74) is 8.13. The maximum absolute atomic E-state index is 14.0. The third-order valence-corrected chi connectivity index (χ3v) is 10.5. The lowest BCUT2D eigenvalue weighted by atomic mass is 9.88. The summed E-state index contributed by atoms with van der Waals surface area (Å²) in [5.74, 6) is 0.826. The Labute approximate surface area is 276 Å². The first-order valence-corrected chi connectivity index (χ1v) is 17.4. The normalized spacial score (nSPS) is 16.4. The van der Waals surface area contributed by atoms with Gasteiger partial charge in [-0.2, -0.15) is 4.72 Å². The molecule has 3 aromatic carbocycles. The summed E-state index contributed by atoms with van der Waals surface area (Å²) in [6.45, 7) is 1.45. The van der Waals surface area contributed by atoms with Crippen LogP contribution in [0.4, 0.5) is 0 Å². The van der Waals surface area contributed by atoms with Crippen LogP contribution < -0.4 is 19.9 Å². The first kappa shape index (κ1) is 33.9. The van der Waals surface area contributed by atoms with Gasteiger partial charge in [0.05, 0.1) is 19.1 Å². The van der Waals surface area contributed by atoms with Crippen LogP contribution in [0, 0.1) is 11.3 Å². The second kappa shape index (κ2) is 15.0. The number of nitrogens with zero attached hydrogens (tertiary/aromatic N) is 2. The van der Waals surface area contributed by atoms with Gasteiger partial charge in [0, 0.05) is 49.3 Å². The fourth-order valence-corrected chi connectivity index (χ4v) is 7.61. The average molecular weight is 662 g/mol. The molecule has 1 aliphatic heterocycles. The minimum atomic E-state index is -4.19. The zero-order valence-electron chi connectivity index (χ0n) is 26.9. The Hall–Kier alpha value is -4.42. The second-order valence-electron chi connectivity index (χ2n) is 12.1. The number of nitrogen functional groups attached to an aromatic ring is 1. The van der Waals surface area contributed by atoms with Gasteiger partial charge in [-0.25, -0.2) is 8.42 Å². The molecule has 47 heavy (non-hydrogen) atoms. The highest BCUT2D eigenvalue weighted by Gasteiger charge is 2.34. The van der Waals surface area contributed by atoms with Crippen LogP contribution in [-0.4, -0.2) is 82.3 Å². The SMILES string of the molecule is COc1ccc(-c2cccc(S(=O)(=O)N[C@@H](Cc3cccc(C(=N)N)c3)C(=O)N3CCN(C(=O)C4CCCCC4)CC3)c2)c(OC)c1. The highest BCUT2D eigenvalue weighted by atomic mass is 32.2. The first-order chi connectivity index (χ1) is 22.6. The number of nitrogens with one attached hydrogen (secondary N) is 2. The fraction of sp³-hybridized carbons (Fsp3) is 0.400. The molecule has 1 saturated carbocycles. The van der Waals surface area contributed by atoms with Gasteiger partial charge >= 0.3 is 0 Å². The van der Waals surface area contributed by atoms with E-state index < -0.39 is 16.1 Å². The summed E-state index contributed by atoms with van der Waals surface area (Å²) in [6.07, 6.45) is 5.17. The summed E-state index contributed by atoms with van der Waals surface area (Å²) >= 11 is 0. The lowest BCUT2D eigenvalue weighted by molar-refractivity contribution is -0.143. The van der Waals surface area contributed by atoms with Gasteiger partial charge in [0.15, 0.2) is 0 Å². The first-order valence-electron chi connectivity index (χ1n) is 16.0. The molecule has 4 N–H and O–H groups in total. The number of amides is 2. The molecule has 2 amide bonds. The molecule has 0 spiro atoms. The van der Waals surface area contributed by atoms with Crippen molar-refractivity contribution in [2.24, 2.45) is 11.7 Å². The summed E-state index contributed by atoms with van der Waals surface area (Å²) in [6, 6.07) is 17.5. The third-order valence-electron chi connectivity index (χ3n) is 8.99. The Morgan fingerprint density at radius 1 is 0.915 bits per heavy atom. The standard InChI is InChI=1S/C35H43N5O6S/c1-45-28-14-15-30(32(23-28)46-2)26-11-7-13-29(22-26)47(43,44)38-31(21-24-8-6-12-27(20-24)33(36)37)35(42)40-18-16-39(17-19-40)34(41)25-9-4-3-5-10-25/h6-8,11-15,20,22-23,25,31,38H,3-5,9-10,16-19,21H2,1-2H3,(H3,36,37)/t31-/m0/s1. The minimum absolute atomic E-state index is 0.00828. The van der Waals surface area contributed by atoms with Crippen molar-refractivity contribution in [1.29, 1.82) is 5.41 Å². The van der Waals surface area contributed by atoms with Gasteiger partial charge in [-0.15, -0.1) is 0 Å². The molecule has 0 bridgehead atoms. The average Bonchev–Trinajstić information content (AvgIpc) is 3.11. The van der Waals surface area contributed by atoms with E-state index in [1.165, 1.54) is 19.6 Å². The predicted octanol–water partition coefficient (Wildman–Crippen LogP) is 3.80. The Bertz CT molecular complexity index is 1710. The number of piperazine rings is 1. The number of sulfonamides is 1. The van der Waals surface area contributed by atoms with Crippen LogP contribution in [0.1, 0.15) is 43.2 Å². The number of methoxy groups -OCH3 is 2. The molecule has 2 aliphatic rings. The van der Waals surface area contributed by atoms with E-state index in [1.54, 1.807) is 72.7 Å². The van der Waals surface area contributed by atoms with E-state index in [9.17, 15) is 18.0 Å². The minimum Gasteiger partial charge on any atom is -0.497 e. The Kier molecular flexibility index (Phi) is 10.8. The lowest BCUT2D eigenvalue weighted by Gasteiger charge is -2.38. The number of carbonyl (C=O) groups excluding carboxylic acids is 2. The number of amidine groups is 1. The number of hydrogen-bond donors (Lipinski definition) is 3. The molecule has 12 heteroatoms. The molecular formula is C35H43N5O6S. The monoisotopic (exact) mass is 661 g/mol. The number of hydrogen-bond acceptors (Lipinski definition) is 7. The Morgan fingerprint density at radius 2 is 1.62 bits per heavy atom. The third kappa shape index (κ3) is 8.12. The fourth-order valence-electron chi connectivity index (χ4n) is 6.38. The molecular weight excluding hydrogens is 618 g/mol. The van der Waals surface area contributed by atoms with Gasteiger partial charge in [-0.1, -0.05) is 49.6 Å². The van der Waals surface area contributed by atoms with Crippen molar-refractivity contribution in [3.05, 3.63) is 77.9 Å². The zero-order valence-corrected chi connectivity index (χ0v) is 27.7. The van der Waals surface area contributed by atoms with Gasteiger partial charge in [-0.05, 0) is 60.7 Å². The number of nitrogens with two attached hydrogens (primary N) is 1.